The van der Waals surface area contributed by atoms with Gasteiger partial charge < -0.3 is 9.64 Å². The molecule has 1 heterocycles. The van der Waals surface area contributed by atoms with Gasteiger partial charge in [-0.2, -0.15) is 0 Å². The van der Waals surface area contributed by atoms with Gasteiger partial charge in [-0.3, -0.25) is 4.79 Å². The fourth-order valence-corrected chi connectivity index (χ4v) is 2.02. The predicted octanol–water partition coefficient (Wildman–Crippen LogP) is 2.13. The van der Waals surface area contributed by atoms with E-state index in [0.29, 0.717) is 17.9 Å². The van der Waals surface area contributed by atoms with Crippen LogP contribution >= 0.6 is 0 Å². The number of halogens is 1. The molecule has 0 saturated carbocycles. The van der Waals surface area contributed by atoms with Crippen LogP contribution in [0.4, 0.5) is 4.39 Å². The van der Waals surface area contributed by atoms with Crippen LogP contribution in [0, 0.1) is 5.82 Å². The van der Waals surface area contributed by atoms with Crippen molar-refractivity contribution in [1.82, 2.24) is 19.9 Å². The first kappa shape index (κ1) is 15.9. The first-order chi connectivity index (χ1) is 10.4. The normalized spacial score (nSPS) is 12.0. The van der Waals surface area contributed by atoms with Crippen molar-refractivity contribution in [2.45, 2.75) is 19.9 Å². The second kappa shape index (κ2) is 6.55. The molecule has 22 heavy (non-hydrogen) atoms. The van der Waals surface area contributed by atoms with Crippen molar-refractivity contribution in [3.63, 3.8) is 0 Å². The minimum absolute atomic E-state index is 0.0886. The van der Waals surface area contributed by atoms with E-state index in [0.717, 1.165) is 0 Å². The third-order valence-electron chi connectivity index (χ3n) is 3.23. The molecule has 7 heteroatoms. The largest absolute Gasteiger partial charge is 0.491 e. The van der Waals surface area contributed by atoms with Gasteiger partial charge in [0.05, 0.1) is 12.8 Å². The Labute approximate surface area is 128 Å². The molecule has 0 N–H and O–H groups in total. The summed E-state index contributed by atoms with van der Waals surface area (Å²) in [6.45, 7) is 3.93. The molecular formula is C15H19FN4O2. The molecule has 1 amide bonds. The average molecular weight is 306 g/mol. The van der Waals surface area contributed by atoms with Crippen LogP contribution in [-0.4, -0.2) is 46.5 Å². The van der Waals surface area contributed by atoms with Crippen LogP contribution in [0.1, 0.15) is 19.9 Å². The van der Waals surface area contributed by atoms with Gasteiger partial charge in [-0.05, 0) is 32.0 Å². The van der Waals surface area contributed by atoms with Crippen LogP contribution in [-0.2, 0) is 4.79 Å². The Morgan fingerprint density at radius 3 is 2.77 bits per heavy atom. The standard InChI is InChI=1S/C15H19FN4O2/c1-5-22-14-7-6-11(8-12(14)16)13-9-20(18-17-13)10(2)15(21)19(3)4/h6-10H,5H2,1-4H3. The molecule has 1 aromatic heterocycles. The van der Waals surface area contributed by atoms with Gasteiger partial charge >= 0.3 is 0 Å². The lowest BCUT2D eigenvalue weighted by molar-refractivity contribution is -0.132. The van der Waals surface area contributed by atoms with Gasteiger partial charge in [-0.1, -0.05) is 5.21 Å². The summed E-state index contributed by atoms with van der Waals surface area (Å²) in [6.07, 6.45) is 1.63. The minimum Gasteiger partial charge on any atom is -0.491 e. The number of rotatable bonds is 5. The molecular weight excluding hydrogens is 287 g/mol. The molecule has 6 nitrogen and oxygen atoms in total. The monoisotopic (exact) mass is 306 g/mol. The number of carbonyl (C=O) groups is 1. The third kappa shape index (κ3) is 3.24. The van der Waals surface area contributed by atoms with E-state index in [9.17, 15) is 9.18 Å². The number of aromatic nitrogens is 3. The van der Waals surface area contributed by atoms with Crippen LogP contribution in [0.25, 0.3) is 11.3 Å². The quantitative estimate of drug-likeness (QED) is 0.849. The lowest BCUT2D eigenvalue weighted by Crippen LogP contribution is -2.30. The van der Waals surface area contributed by atoms with Crippen molar-refractivity contribution in [3.05, 3.63) is 30.2 Å². The molecule has 0 fully saturated rings. The van der Waals surface area contributed by atoms with Crippen LogP contribution in [0.15, 0.2) is 24.4 Å². The highest BCUT2D eigenvalue weighted by Crippen LogP contribution is 2.24. The molecule has 2 aromatic rings. The molecule has 1 atom stereocenters. The van der Waals surface area contributed by atoms with E-state index < -0.39 is 11.9 Å². The molecule has 1 aromatic carbocycles. The molecule has 0 radical (unpaired) electrons. The van der Waals surface area contributed by atoms with Gasteiger partial charge in [0.25, 0.3) is 0 Å². The number of hydrogen-bond acceptors (Lipinski definition) is 4. The number of ether oxygens (including phenoxy) is 1. The summed E-state index contributed by atoms with van der Waals surface area (Å²) in [4.78, 5) is 13.4. The summed E-state index contributed by atoms with van der Waals surface area (Å²) < 4.78 is 20.5. The zero-order valence-corrected chi connectivity index (χ0v) is 13.1. The van der Waals surface area contributed by atoms with Gasteiger partial charge in [-0.15, -0.1) is 5.10 Å². The molecule has 0 saturated heterocycles. The number of amides is 1. The van der Waals surface area contributed by atoms with Gasteiger partial charge in [-0.25, -0.2) is 9.07 Å². The molecule has 0 aliphatic rings. The molecule has 0 bridgehead atoms. The Kier molecular flexibility index (Phi) is 4.75. The van der Waals surface area contributed by atoms with Crippen molar-refractivity contribution in [2.75, 3.05) is 20.7 Å². The molecule has 1 unspecified atom stereocenters. The lowest BCUT2D eigenvalue weighted by atomic mass is 10.1. The molecule has 0 aliphatic heterocycles. The lowest BCUT2D eigenvalue weighted by Gasteiger charge is -2.16. The summed E-state index contributed by atoms with van der Waals surface area (Å²) in [5.41, 5.74) is 1.08. The van der Waals surface area contributed by atoms with Gasteiger partial charge in [0.15, 0.2) is 11.6 Å². The minimum atomic E-state index is -0.469. The highest BCUT2D eigenvalue weighted by Gasteiger charge is 2.19. The maximum Gasteiger partial charge on any atom is 0.246 e. The molecule has 0 spiro atoms. The van der Waals surface area contributed by atoms with E-state index in [1.54, 1.807) is 46.3 Å². The third-order valence-corrected chi connectivity index (χ3v) is 3.23. The van der Waals surface area contributed by atoms with E-state index in [1.165, 1.54) is 15.6 Å². The zero-order chi connectivity index (χ0) is 16.3. The van der Waals surface area contributed by atoms with Gasteiger partial charge in [0.2, 0.25) is 5.91 Å². The Morgan fingerprint density at radius 1 is 1.45 bits per heavy atom. The highest BCUT2D eigenvalue weighted by atomic mass is 19.1. The summed E-state index contributed by atoms with van der Waals surface area (Å²) >= 11 is 0. The number of benzene rings is 1. The van der Waals surface area contributed by atoms with Crippen LogP contribution < -0.4 is 4.74 Å². The van der Waals surface area contributed by atoms with E-state index in [4.69, 9.17) is 4.74 Å². The highest BCUT2D eigenvalue weighted by molar-refractivity contribution is 5.79. The second-order valence-electron chi connectivity index (χ2n) is 5.07. The first-order valence-corrected chi connectivity index (χ1v) is 6.99. The van der Waals surface area contributed by atoms with Crippen molar-refractivity contribution >= 4 is 5.91 Å². The van der Waals surface area contributed by atoms with Crippen molar-refractivity contribution in [2.24, 2.45) is 0 Å². The smallest absolute Gasteiger partial charge is 0.246 e. The van der Waals surface area contributed by atoms with Gasteiger partial charge in [0.1, 0.15) is 11.7 Å². The van der Waals surface area contributed by atoms with Gasteiger partial charge in [0, 0.05) is 19.7 Å². The Balaban J connectivity index is 2.24. The SMILES string of the molecule is CCOc1ccc(-c2cn(C(C)C(=O)N(C)C)nn2)cc1F. The fraction of sp³-hybridized carbons (Fsp3) is 0.400. The van der Waals surface area contributed by atoms with Crippen molar-refractivity contribution in [3.8, 4) is 17.0 Å². The molecule has 2 rings (SSSR count). The topological polar surface area (TPSA) is 60.2 Å². The van der Waals surface area contributed by atoms with Crippen LogP contribution in [0.5, 0.6) is 5.75 Å². The summed E-state index contributed by atoms with van der Waals surface area (Å²) in [6, 6.07) is 4.14. The summed E-state index contributed by atoms with van der Waals surface area (Å²) in [5.74, 6) is -0.338. The summed E-state index contributed by atoms with van der Waals surface area (Å²) in [7, 11) is 3.36. The maximum absolute atomic E-state index is 13.9. The van der Waals surface area contributed by atoms with E-state index >= 15 is 0 Å². The number of carbonyl (C=O) groups excluding carboxylic acids is 1. The Bertz CT molecular complexity index is 669. The predicted molar refractivity (Wildman–Crippen MR) is 80.0 cm³/mol. The van der Waals surface area contributed by atoms with Crippen LogP contribution in [0.3, 0.4) is 0 Å². The zero-order valence-electron chi connectivity index (χ0n) is 13.1. The van der Waals surface area contributed by atoms with Crippen molar-refractivity contribution in [1.29, 1.82) is 0 Å². The molecule has 0 aliphatic carbocycles. The van der Waals surface area contributed by atoms with E-state index in [-0.39, 0.29) is 11.7 Å². The fourth-order valence-electron chi connectivity index (χ4n) is 2.02. The maximum atomic E-state index is 13.9. The summed E-state index contributed by atoms with van der Waals surface area (Å²) in [5, 5.41) is 7.95. The van der Waals surface area contributed by atoms with E-state index in [2.05, 4.69) is 10.3 Å². The number of likely N-dealkylation sites (N-methyl/N-ethyl adjacent to an activating group) is 1. The van der Waals surface area contributed by atoms with Crippen LogP contribution in [0.2, 0.25) is 0 Å². The number of hydrogen-bond donors (Lipinski definition) is 0. The van der Waals surface area contributed by atoms with Crippen molar-refractivity contribution < 1.29 is 13.9 Å². The van der Waals surface area contributed by atoms with E-state index in [1.807, 2.05) is 0 Å². The number of nitrogens with zero attached hydrogens (tertiary/aromatic N) is 4. The Hall–Kier alpha value is -2.44. The second-order valence-corrected chi connectivity index (χ2v) is 5.07. The molecule has 118 valence electrons. The average Bonchev–Trinajstić information content (AvgIpc) is 2.97. The Morgan fingerprint density at radius 2 is 2.18 bits per heavy atom. The first-order valence-electron chi connectivity index (χ1n) is 6.99.